The zero-order valence-electron chi connectivity index (χ0n) is 8.27. The molecule has 2 N–H and O–H groups in total. The molecule has 1 saturated heterocycles. The molecule has 1 atom stereocenters. The van der Waals surface area contributed by atoms with Gasteiger partial charge in [-0.15, -0.1) is 0 Å². The molecule has 0 spiro atoms. The van der Waals surface area contributed by atoms with E-state index in [9.17, 15) is 5.11 Å². The van der Waals surface area contributed by atoms with Gasteiger partial charge in [0.05, 0.1) is 5.60 Å². The Labute approximate surface area is 75.4 Å². The van der Waals surface area contributed by atoms with Gasteiger partial charge >= 0.3 is 0 Å². The Hall–Kier alpha value is -0.0800. The highest BCUT2D eigenvalue weighted by atomic mass is 16.3. The normalized spacial score (nSPS) is 25.8. The van der Waals surface area contributed by atoms with Crippen LogP contribution < -0.4 is 5.32 Å². The van der Waals surface area contributed by atoms with Gasteiger partial charge in [0.1, 0.15) is 0 Å². The topological polar surface area (TPSA) is 32.3 Å². The summed E-state index contributed by atoms with van der Waals surface area (Å²) in [6, 6.07) is 0.334. The maximum atomic E-state index is 10.2. The predicted octanol–water partition coefficient (Wildman–Crippen LogP) is 1.68. The summed E-state index contributed by atoms with van der Waals surface area (Å²) in [6.45, 7) is 5.21. The minimum Gasteiger partial charge on any atom is -0.388 e. The maximum Gasteiger partial charge on any atom is 0.0794 e. The van der Waals surface area contributed by atoms with Gasteiger partial charge in [0, 0.05) is 6.04 Å². The third kappa shape index (κ3) is 1.99. The van der Waals surface area contributed by atoms with Gasteiger partial charge in [0.15, 0.2) is 0 Å². The van der Waals surface area contributed by atoms with E-state index in [1.165, 1.54) is 12.8 Å². The lowest BCUT2D eigenvalue weighted by atomic mass is 9.84. The van der Waals surface area contributed by atoms with Crippen molar-refractivity contribution in [3.05, 3.63) is 0 Å². The zero-order valence-corrected chi connectivity index (χ0v) is 8.27. The molecule has 12 heavy (non-hydrogen) atoms. The van der Waals surface area contributed by atoms with Gasteiger partial charge in [-0.1, -0.05) is 20.3 Å². The Morgan fingerprint density at radius 3 is 2.42 bits per heavy atom. The molecule has 0 aromatic carbocycles. The smallest absolute Gasteiger partial charge is 0.0794 e. The second-order valence-electron chi connectivity index (χ2n) is 3.81. The first kappa shape index (κ1) is 10.0. The van der Waals surface area contributed by atoms with E-state index >= 15 is 0 Å². The lowest BCUT2D eigenvalue weighted by molar-refractivity contribution is -0.0140. The first-order chi connectivity index (χ1) is 5.73. The van der Waals surface area contributed by atoms with E-state index in [2.05, 4.69) is 19.2 Å². The molecular formula is C10H21NO. The molecule has 0 aromatic heterocycles. The molecule has 0 aromatic rings. The van der Waals surface area contributed by atoms with Gasteiger partial charge in [-0.3, -0.25) is 0 Å². The Bertz CT molecular complexity index is 126. The van der Waals surface area contributed by atoms with E-state index in [0.29, 0.717) is 6.04 Å². The van der Waals surface area contributed by atoms with E-state index in [-0.39, 0.29) is 0 Å². The molecule has 0 saturated carbocycles. The van der Waals surface area contributed by atoms with E-state index in [4.69, 9.17) is 0 Å². The van der Waals surface area contributed by atoms with Crippen LogP contribution in [0.25, 0.3) is 0 Å². The minimum absolute atomic E-state index is 0.334. The zero-order chi connectivity index (χ0) is 9.03. The lowest BCUT2D eigenvalue weighted by Crippen LogP contribution is -2.52. The first-order valence-electron chi connectivity index (χ1n) is 5.18. The molecular weight excluding hydrogens is 150 g/mol. The first-order valence-corrected chi connectivity index (χ1v) is 5.18. The molecule has 72 valence electrons. The number of aliphatic hydroxyl groups is 1. The SMILES string of the molecule is CCC(O)(CC)C1CCCCN1. The predicted molar refractivity (Wildman–Crippen MR) is 51.2 cm³/mol. The average Bonchev–Trinajstić information content (AvgIpc) is 2.18. The van der Waals surface area contributed by atoms with Crippen LogP contribution in [0, 0.1) is 0 Å². The Morgan fingerprint density at radius 2 is 2.00 bits per heavy atom. The molecule has 1 fully saturated rings. The molecule has 1 rings (SSSR count). The third-order valence-electron chi connectivity index (χ3n) is 3.18. The number of piperidine rings is 1. The van der Waals surface area contributed by atoms with Crippen molar-refractivity contribution in [2.75, 3.05) is 6.54 Å². The highest BCUT2D eigenvalue weighted by Crippen LogP contribution is 2.25. The van der Waals surface area contributed by atoms with E-state index in [1.807, 2.05) is 0 Å². The van der Waals surface area contributed by atoms with Crippen LogP contribution in [0.5, 0.6) is 0 Å². The highest BCUT2D eigenvalue weighted by molar-refractivity contribution is 4.91. The van der Waals surface area contributed by atoms with Crippen LogP contribution in [-0.2, 0) is 0 Å². The van der Waals surface area contributed by atoms with Crippen molar-refractivity contribution >= 4 is 0 Å². The molecule has 2 heteroatoms. The van der Waals surface area contributed by atoms with Crippen molar-refractivity contribution in [2.45, 2.75) is 57.6 Å². The van der Waals surface area contributed by atoms with Crippen LogP contribution in [0.4, 0.5) is 0 Å². The minimum atomic E-state index is -0.458. The lowest BCUT2D eigenvalue weighted by Gasteiger charge is -2.37. The number of hydrogen-bond acceptors (Lipinski definition) is 2. The average molecular weight is 171 g/mol. The summed E-state index contributed by atoms with van der Waals surface area (Å²) >= 11 is 0. The fourth-order valence-corrected chi connectivity index (χ4v) is 2.05. The fourth-order valence-electron chi connectivity index (χ4n) is 2.05. The van der Waals surface area contributed by atoms with Crippen LogP contribution in [-0.4, -0.2) is 23.3 Å². The van der Waals surface area contributed by atoms with Gasteiger partial charge in [0.25, 0.3) is 0 Å². The molecule has 0 radical (unpaired) electrons. The Kier molecular flexibility index (Phi) is 3.53. The largest absolute Gasteiger partial charge is 0.388 e. The summed E-state index contributed by atoms with van der Waals surface area (Å²) in [5.74, 6) is 0. The van der Waals surface area contributed by atoms with E-state index in [1.54, 1.807) is 0 Å². The quantitative estimate of drug-likeness (QED) is 0.677. The molecule has 2 nitrogen and oxygen atoms in total. The second kappa shape index (κ2) is 4.24. The highest BCUT2D eigenvalue weighted by Gasteiger charge is 2.33. The standard InChI is InChI=1S/C10H21NO/c1-3-10(12,4-2)9-7-5-6-8-11-9/h9,11-12H,3-8H2,1-2H3. The van der Waals surface area contributed by atoms with E-state index in [0.717, 1.165) is 25.8 Å². The summed E-state index contributed by atoms with van der Waals surface area (Å²) in [6.07, 6.45) is 5.39. The van der Waals surface area contributed by atoms with Crippen molar-refractivity contribution in [1.82, 2.24) is 5.32 Å². The number of hydrogen-bond donors (Lipinski definition) is 2. The van der Waals surface area contributed by atoms with Crippen molar-refractivity contribution in [1.29, 1.82) is 0 Å². The van der Waals surface area contributed by atoms with Gasteiger partial charge in [-0.25, -0.2) is 0 Å². The molecule has 1 unspecified atom stereocenters. The third-order valence-corrected chi connectivity index (χ3v) is 3.18. The Balaban J connectivity index is 2.51. The van der Waals surface area contributed by atoms with Crippen molar-refractivity contribution in [2.24, 2.45) is 0 Å². The summed E-state index contributed by atoms with van der Waals surface area (Å²) in [4.78, 5) is 0. The van der Waals surface area contributed by atoms with Crippen LogP contribution >= 0.6 is 0 Å². The molecule has 1 aliphatic heterocycles. The molecule has 1 heterocycles. The second-order valence-corrected chi connectivity index (χ2v) is 3.81. The van der Waals surface area contributed by atoms with Crippen LogP contribution in [0.3, 0.4) is 0 Å². The van der Waals surface area contributed by atoms with Crippen LogP contribution in [0.2, 0.25) is 0 Å². The summed E-state index contributed by atoms with van der Waals surface area (Å²) in [5, 5.41) is 13.6. The van der Waals surface area contributed by atoms with Crippen LogP contribution in [0.15, 0.2) is 0 Å². The summed E-state index contributed by atoms with van der Waals surface area (Å²) in [7, 11) is 0. The van der Waals surface area contributed by atoms with Crippen LogP contribution in [0.1, 0.15) is 46.0 Å². The Morgan fingerprint density at radius 1 is 1.33 bits per heavy atom. The monoisotopic (exact) mass is 171 g/mol. The molecule has 1 aliphatic rings. The van der Waals surface area contributed by atoms with E-state index < -0.39 is 5.60 Å². The van der Waals surface area contributed by atoms with Crippen molar-refractivity contribution in [3.63, 3.8) is 0 Å². The number of rotatable bonds is 3. The molecule has 0 aliphatic carbocycles. The summed E-state index contributed by atoms with van der Waals surface area (Å²) < 4.78 is 0. The molecule has 0 amide bonds. The number of nitrogens with one attached hydrogen (secondary N) is 1. The van der Waals surface area contributed by atoms with Crippen molar-refractivity contribution in [3.8, 4) is 0 Å². The summed E-state index contributed by atoms with van der Waals surface area (Å²) in [5.41, 5.74) is -0.458. The van der Waals surface area contributed by atoms with Gasteiger partial charge in [-0.05, 0) is 32.2 Å². The fraction of sp³-hybridized carbons (Fsp3) is 1.00. The maximum absolute atomic E-state index is 10.2. The molecule has 0 bridgehead atoms. The van der Waals surface area contributed by atoms with Crippen molar-refractivity contribution < 1.29 is 5.11 Å². The van der Waals surface area contributed by atoms with Gasteiger partial charge in [-0.2, -0.15) is 0 Å². The van der Waals surface area contributed by atoms with Gasteiger partial charge < -0.3 is 10.4 Å². The van der Waals surface area contributed by atoms with Gasteiger partial charge in [0.2, 0.25) is 0 Å².